The summed E-state index contributed by atoms with van der Waals surface area (Å²) in [4.78, 5) is 0. The quantitative estimate of drug-likeness (QED) is 0.501. The molecular weight excluding hydrogens is 160 g/mol. The Morgan fingerprint density at radius 2 is 2.15 bits per heavy atom. The average Bonchev–Trinajstić information content (AvgIpc) is 2.21. The molecule has 0 saturated heterocycles. The molecule has 1 atom stereocenters. The Bertz CT molecular complexity index is 295. The lowest BCUT2D eigenvalue weighted by molar-refractivity contribution is 0.117. The molecule has 1 rings (SSSR count). The number of benzene rings is 1. The molecule has 0 spiro atoms. The van der Waals surface area contributed by atoms with Gasteiger partial charge in [-0.1, -0.05) is 42.3 Å². The first-order valence-electron chi connectivity index (χ1n) is 4.12. The Morgan fingerprint density at radius 3 is 2.69 bits per heavy atom. The Morgan fingerprint density at radius 1 is 1.46 bits per heavy atom. The lowest BCUT2D eigenvalue weighted by atomic mass is 10.1. The van der Waals surface area contributed by atoms with Gasteiger partial charge in [-0.3, -0.25) is 0 Å². The number of hydrogen-bond donors (Lipinski definition) is 0. The molecule has 0 bridgehead atoms. The Kier molecular flexibility index (Phi) is 3.81. The van der Waals surface area contributed by atoms with E-state index < -0.39 is 0 Å². The third kappa shape index (κ3) is 2.77. The normalized spacial score (nSPS) is 11.6. The van der Waals surface area contributed by atoms with E-state index in [2.05, 4.69) is 12.5 Å². The maximum Gasteiger partial charge on any atom is 0.143 e. The van der Waals surface area contributed by atoms with Crippen molar-refractivity contribution in [3.8, 4) is 12.3 Å². The number of ether oxygens (including phenoxy) is 1. The van der Waals surface area contributed by atoms with E-state index in [0.717, 1.165) is 5.56 Å². The molecule has 1 heteroatoms. The SMILES string of the molecule is C#CC(OCC=C)c1ccccc1. The van der Waals surface area contributed by atoms with Crippen LogP contribution in [0.1, 0.15) is 11.7 Å². The van der Waals surface area contributed by atoms with E-state index in [9.17, 15) is 0 Å². The fraction of sp³-hybridized carbons (Fsp3) is 0.167. The fourth-order valence-corrected chi connectivity index (χ4v) is 1.03. The first kappa shape index (κ1) is 9.57. The van der Waals surface area contributed by atoms with E-state index in [0.29, 0.717) is 6.61 Å². The van der Waals surface area contributed by atoms with Gasteiger partial charge in [0.05, 0.1) is 6.61 Å². The minimum Gasteiger partial charge on any atom is -0.357 e. The van der Waals surface area contributed by atoms with Crippen LogP contribution in [-0.4, -0.2) is 6.61 Å². The summed E-state index contributed by atoms with van der Waals surface area (Å²) in [7, 11) is 0. The van der Waals surface area contributed by atoms with Gasteiger partial charge < -0.3 is 4.74 Å². The highest BCUT2D eigenvalue weighted by Gasteiger charge is 2.05. The molecule has 0 fully saturated rings. The second-order valence-electron chi connectivity index (χ2n) is 2.58. The third-order valence-electron chi connectivity index (χ3n) is 1.63. The van der Waals surface area contributed by atoms with Crippen molar-refractivity contribution in [2.24, 2.45) is 0 Å². The van der Waals surface area contributed by atoms with Crippen molar-refractivity contribution in [3.05, 3.63) is 48.6 Å². The first-order chi connectivity index (χ1) is 6.38. The molecule has 13 heavy (non-hydrogen) atoms. The smallest absolute Gasteiger partial charge is 0.143 e. The zero-order valence-corrected chi connectivity index (χ0v) is 7.44. The highest BCUT2D eigenvalue weighted by Crippen LogP contribution is 2.15. The van der Waals surface area contributed by atoms with Gasteiger partial charge in [-0.25, -0.2) is 0 Å². The zero-order chi connectivity index (χ0) is 9.52. The molecule has 0 amide bonds. The summed E-state index contributed by atoms with van der Waals surface area (Å²) in [6.45, 7) is 4.04. The van der Waals surface area contributed by atoms with Gasteiger partial charge in [-0.05, 0) is 5.56 Å². The second kappa shape index (κ2) is 5.18. The van der Waals surface area contributed by atoms with Crippen LogP contribution >= 0.6 is 0 Å². The highest BCUT2D eigenvalue weighted by atomic mass is 16.5. The average molecular weight is 172 g/mol. The third-order valence-corrected chi connectivity index (χ3v) is 1.63. The molecule has 0 aromatic heterocycles. The van der Waals surface area contributed by atoms with E-state index in [-0.39, 0.29) is 6.10 Å². The summed E-state index contributed by atoms with van der Waals surface area (Å²) in [6, 6.07) is 9.74. The van der Waals surface area contributed by atoms with E-state index in [4.69, 9.17) is 11.2 Å². The Balaban J connectivity index is 2.68. The monoisotopic (exact) mass is 172 g/mol. The molecule has 0 saturated carbocycles. The summed E-state index contributed by atoms with van der Waals surface area (Å²) in [5, 5.41) is 0. The van der Waals surface area contributed by atoms with E-state index in [1.165, 1.54) is 0 Å². The molecule has 1 nitrogen and oxygen atoms in total. The van der Waals surface area contributed by atoms with Crippen LogP contribution in [0, 0.1) is 12.3 Å². The molecule has 1 unspecified atom stereocenters. The topological polar surface area (TPSA) is 9.23 Å². The number of terminal acetylenes is 1. The highest BCUT2D eigenvalue weighted by molar-refractivity contribution is 5.23. The van der Waals surface area contributed by atoms with Crippen molar-refractivity contribution in [3.63, 3.8) is 0 Å². The summed E-state index contributed by atoms with van der Waals surface area (Å²) in [5.41, 5.74) is 1.01. The molecular formula is C12H12O. The predicted molar refractivity (Wildman–Crippen MR) is 54.2 cm³/mol. The van der Waals surface area contributed by atoms with Crippen LogP contribution in [0.4, 0.5) is 0 Å². The van der Waals surface area contributed by atoms with Crippen LogP contribution in [0.15, 0.2) is 43.0 Å². The molecule has 0 radical (unpaired) electrons. The van der Waals surface area contributed by atoms with Crippen LogP contribution in [0.5, 0.6) is 0 Å². The van der Waals surface area contributed by atoms with Crippen LogP contribution in [0.2, 0.25) is 0 Å². The molecule has 1 aromatic rings. The summed E-state index contributed by atoms with van der Waals surface area (Å²) in [5.74, 6) is 2.58. The Hall–Kier alpha value is -1.52. The van der Waals surface area contributed by atoms with Crippen molar-refractivity contribution in [2.75, 3.05) is 6.61 Å². The molecule has 0 N–H and O–H groups in total. The van der Waals surface area contributed by atoms with Crippen molar-refractivity contribution < 1.29 is 4.74 Å². The van der Waals surface area contributed by atoms with Crippen LogP contribution in [-0.2, 0) is 4.74 Å². The maximum atomic E-state index is 5.37. The van der Waals surface area contributed by atoms with E-state index >= 15 is 0 Å². The van der Waals surface area contributed by atoms with Gasteiger partial charge >= 0.3 is 0 Å². The number of rotatable bonds is 4. The van der Waals surface area contributed by atoms with Gasteiger partial charge in [0.1, 0.15) is 6.10 Å². The largest absolute Gasteiger partial charge is 0.357 e. The lowest BCUT2D eigenvalue weighted by Crippen LogP contribution is -2.01. The van der Waals surface area contributed by atoms with Gasteiger partial charge in [0.25, 0.3) is 0 Å². The minimum absolute atomic E-state index is 0.265. The fourth-order valence-electron chi connectivity index (χ4n) is 1.03. The predicted octanol–water partition coefficient (Wildman–Crippen LogP) is 2.56. The van der Waals surface area contributed by atoms with E-state index in [1.807, 2.05) is 30.3 Å². The molecule has 0 heterocycles. The van der Waals surface area contributed by atoms with Crippen molar-refractivity contribution in [1.82, 2.24) is 0 Å². The van der Waals surface area contributed by atoms with Gasteiger partial charge in [0.15, 0.2) is 0 Å². The summed E-state index contributed by atoms with van der Waals surface area (Å²) >= 11 is 0. The van der Waals surface area contributed by atoms with Crippen molar-refractivity contribution >= 4 is 0 Å². The maximum absolute atomic E-state index is 5.37. The van der Waals surface area contributed by atoms with Gasteiger partial charge in [-0.15, -0.1) is 13.0 Å². The van der Waals surface area contributed by atoms with Crippen molar-refractivity contribution in [1.29, 1.82) is 0 Å². The lowest BCUT2D eigenvalue weighted by Gasteiger charge is -2.10. The van der Waals surface area contributed by atoms with Crippen LogP contribution in [0.25, 0.3) is 0 Å². The molecule has 0 aliphatic heterocycles. The van der Waals surface area contributed by atoms with Crippen LogP contribution in [0.3, 0.4) is 0 Å². The molecule has 66 valence electrons. The number of hydrogen-bond acceptors (Lipinski definition) is 1. The van der Waals surface area contributed by atoms with Gasteiger partial charge in [0.2, 0.25) is 0 Å². The minimum atomic E-state index is -0.265. The summed E-state index contributed by atoms with van der Waals surface area (Å²) in [6.07, 6.45) is 6.76. The van der Waals surface area contributed by atoms with Crippen molar-refractivity contribution in [2.45, 2.75) is 6.10 Å². The standard InChI is InChI=1S/C12H12O/c1-3-10-13-12(4-2)11-8-6-5-7-9-11/h2-3,5-9,12H,1,10H2. The molecule has 1 aromatic carbocycles. The zero-order valence-electron chi connectivity index (χ0n) is 7.44. The van der Waals surface area contributed by atoms with E-state index in [1.54, 1.807) is 6.08 Å². The first-order valence-corrected chi connectivity index (χ1v) is 4.12. The van der Waals surface area contributed by atoms with Crippen LogP contribution < -0.4 is 0 Å². The Labute approximate surface area is 79.0 Å². The molecule has 0 aliphatic carbocycles. The summed E-state index contributed by atoms with van der Waals surface area (Å²) < 4.78 is 5.37. The molecule has 0 aliphatic rings. The second-order valence-corrected chi connectivity index (χ2v) is 2.58. The van der Waals surface area contributed by atoms with Gasteiger partial charge in [0, 0.05) is 0 Å². The van der Waals surface area contributed by atoms with Gasteiger partial charge in [-0.2, -0.15) is 0 Å².